The Balaban J connectivity index is 1.32. The number of benzene rings is 4. The SMILES string of the molecule is O=C(COc1ccc2c(c1)C(c1ccccc1)N(Cc1ccccc1)CC2)NCc1ccccc1. The van der Waals surface area contributed by atoms with Crippen LogP contribution in [0.2, 0.25) is 0 Å². The molecule has 0 saturated heterocycles. The molecule has 1 aliphatic rings. The van der Waals surface area contributed by atoms with Crippen LogP contribution < -0.4 is 10.1 Å². The summed E-state index contributed by atoms with van der Waals surface area (Å²) < 4.78 is 5.93. The predicted molar refractivity (Wildman–Crippen MR) is 139 cm³/mol. The smallest absolute Gasteiger partial charge is 0.258 e. The summed E-state index contributed by atoms with van der Waals surface area (Å²) in [6.45, 7) is 2.36. The maximum atomic E-state index is 12.4. The van der Waals surface area contributed by atoms with Crippen LogP contribution in [-0.2, 0) is 24.3 Å². The molecule has 176 valence electrons. The van der Waals surface area contributed by atoms with Crippen LogP contribution in [0.25, 0.3) is 0 Å². The molecule has 4 aromatic carbocycles. The van der Waals surface area contributed by atoms with E-state index in [0.29, 0.717) is 6.54 Å². The summed E-state index contributed by atoms with van der Waals surface area (Å²) in [5.41, 5.74) is 6.23. The van der Waals surface area contributed by atoms with Crippen LogP contribution in [0.3, 0.4) is 0 Å². The van der Waals surface area contributed by atoms with Crippen LogP contribution in [0.1, 0.15) is 33.9 Å². The van der Waals surface area contributed by atoms with Gasteiger partial charge in [-0.2, -0.15) is 0 Å². The van der Waals surface area contributed by atoms with E-state index in [9.17, 15) is 4.79 Å². The first-order valence-electron chi connectivity index (χ1n) is 12.2. The molecule has 4 nitrogen and oxygen atoms in total. The van der Waals surface area contributed by atoms with E-state index in [0.717, 1.165) is 30.8 Å². The van der Waals surface area contributed by atoms with Crippen molar-refractivity contribution < 1.29 is 9.53 Å². The van der Waals surface area contributed by atoms with E-state index in [1.165, 1.54) is 22.3 Å². The molecule has 4 aromatic rings. The first-order chi connectivity index (χ1) is 17.3. The summed E-state index contributed by atoms with van der Waals surface area (Å²) in [5, 5.41) is 2.93. The maximum Gasteiger partial charge on any atom is 0.258 e. The molecule has 1 aliphatic heterocycles. The second kappa shape index (κ2) is 11.0. The second-order valence-corrected chi connectivity index (χ2v) is 8.93. The van der Waals surface area contributed by atoms with Gasteiger partial charge in [-0.05, 0) is 46.4 Å². The van der Waals surface area contributed by atoms with Crippen molar-refractivity contribution in [2.24, 2.45) is 0 Å². The Morgan fingerprint density at radius 1 is 0.829 bits per heavy atom. The van der Waals surface area contributed by atoms with Gasteiger partial charge in [0.1, 0.15) is 5.75 Å². The summed E-state index contributed by atoms with van der Waals surface area (Å²) in [6.07, 6.45) is 0.989. The topological polar surface area (TPSA) is 41.6 Å². The Morgan fingerprint density at radius 3 is 2.20 bits per heavy atom. The Labute approximate surface area is 207 Å². The van der Waals surface area contributed by atoms with E-state index in [-0.39, 0.29) is 18.6 Å². The maximum absolute atomic E-state index is 12.4. The van der Waals surface area contributed by atoms with Crippen molar-refractivity contribution in [2.75, 3.05) is 13.2 Å². The average molecular weight is 463 g/mol. The van der Waals surface area contributed by atoms with E-state index in [2.05, 4.69) is 83.0 Å². The molecule has 35 heavy (non-hydrogen) atoms. The van der Waals surface area contributed by atoms with Crippen LogP contribution in [0.5, 0.6) is 5.75 Å². The van der Waals surface area contributed by atoms with Gasteiger partial charge in [0.05, 0.1) is 6.04 Å². The van der Waals surface area contributed by atoms with Crippen molar-refractivity contribution in [1.29, 1.82) is 0 Å². The number of fused-ring (bicyclic) bond motifs is 1. The molecular formula is C31H30N2O2. The zero-order valence-electron chi connectivity index (χ0n) is 19.8. The molecule has 0 aromatic heterocycles. The molecule has 0 bridgehead atoms. The van der Waals surface area contributed by atoms with Crippen molar-refractivity contribution >= 4 is 5.91 Å². The minimum atomic E-state index is -0.128. The number of carbonyl (C=O) groups is 1. The van der Waals surface area contributed by atoms with E-state index in [1.54, 1.807) is 0 Å². The second-order valence-electron chi connectivity index (χ2n) is 8.93. The number of ether oxygens (including phenoxy) is 1. The van der Waals surface area contributed by atoms with E-state index in [1.807, 2.05) is 36.4 Å². The number of nitrogens with one attached hydrogen (secondary N) is 1. The number of hydrogen-bond acceptors (Lipinski definition) is 3. The zero-order valence-corrected chi connectivity index (χ0v) is 19.8. The molecular weight excluding hydrogens is 432 g/mol. The lowest BCUT2D eigenvalue weighted by atomic mass is 9.87. The monoisotopic (exact) mass is 462 g/mol. The Bertz CT molecular complexity index is 1240. The summed E-state index contributed by atoms with van der Waals surface area (Å²) in [4.78, 5) is 14.9. The van der Waals surface area contributed by atoms with Crippen LogP contribution in [-0.4, -0.2) is 24.0 Å². The number of nitrogens with zero attached hydrogens (tertiary/aromatic N) is 1. The van der Waals surface area contributed by atoms with Gasteiger partial charge in [-0.25, -0.2) is 0 Å². The molecule has 0 fully saturated rings. The lowest BCUT2D eigenvalue weighted by Gasteiger charge is -2.38. The zero-order chi connectivity index (χ0) is 23.9. The molecule has 0 radical (unpaired) electrons. The van der Waals surface area contributed by atoms with Crippen LogP contribution in [0.4, 0.5) is 0 Å². The van der Waals surface area contributed by atoms with Gasteiger partial charge in [-0.15, -0.1) is 0 Å². The summed E-state index contributed by atoms with van der Waals surface area (Å²) in [5.74, 6) is 0.595. The van der Waals surface area contributed by atoms with E-state index in [4.69, 9.17) is 4.74 Å². The van der Waals surface area contributed by atoms with Crippen molar-refractivity contribution in [3.05, 3.63) is 137 Å². The van der Waals surface area contributed by atoms with Gasteiger partial charge in [-0.3, -0.25) is 9.69 Å². The number of rotatable bonds is 8. The van der Waals surface area contributed by atoms with Gasteiger partial charge < -0.3 is 10.1 Å². The fraction of sp³-hybridized carbons (Fsp3) is 0.194. The molecule has 1 heterocycles. The van der Waals surface area contributed by atoms with Crippen LogP contribution in [0, 0.1) is 0 Å². The highest BCUT2D eigenvalue weighted by molar-refractivity contribution is 5.77. The van der Waals surface area contributed by atoms with Gasteiger partial charge in [0.15, 0.2) is 6.61 Å². The average Bonchev–Trinajstić information content (AvgIpc) is 2.92. The molecule has 0 spiro atoms. The number of hydrogen-bond donors (Lipinski definition) is 1. The fourth-order valence-electron chi connectivity index (χ4n) is 4.75. The summed E-state index contributed by atoms with van der Waals surface area (Å²) in [6, 6.07) is 37.6. The van der Waals surface area contributed by atoms with Crippen molar-refractivity contribution in [2.45, 2.75) is 25.6 Å². The van der Waals surface area contributed by atoms with Crippen molar-refractivity contribution in [3.8, 4) is 5.75 Å². The molecule has 4 heteroatoms. The highest BCUT2D eigenvalue weighted by Crippen LogP contribution is 2.37. The van der Waals surface area contributed by atoms with Crippen LogP contribution >= 0.6 is 0 Å². The number of carbonyl (C=O) groups excluding carboxylic acids is 1. The molecule has 1 unspecified atom stereocenters. The Kier molecular flexibility index (Phi) is 7.21. The third-order valence-electron chi connectivity index (χ3n) is 6.49. The molecule has 0 aliphatic carbocycles. The van der Waals surface area contributed by atoms with Gasteiger partial charge in [0.25, 0.3) is 5.91 Å². The minimum Gasteiger partial charge on any atom is -0.484 e. The first-order valence-corrected chi connectivity index (χ1v) is 12.2. The van der Waals surface area contributed by atoms with Crippen molar-refractivity contribution in [3.63, 3.8) is 0 Å². The largest absolute Gasteiger partial charge is 0.484 e. The minimum absolute atomic E-state index is 0.00461. The highest BCUT2D eigenvalue weighted by atomic mass is 16.5. The van der Waals surface area contributed by atoms with Gasteiger partial charge in [0.2, 0.25) is 0 Å². The van der Waals surface area contributed by atoms with Crippen LogP contribution in [0.15, 0.2) is 109 Å². The molecule has 0 saturated carbocycles. The summed E-state index contributed by atoms with van der Waals surface area (Å²) in [7, 11) is 0. The van der Waals surface area contributed by atoms with E-state index >= 15 is 0 Å². The standard InChI is InChI=1S/C31H30N2O2/c34-30(32-21-24-10-4-1-5-11-24)23-35-28-17-16-26-18-19-33(22-25-12-6-2-7-13-25)31(29(26)20-28)27-14-8-3-9-15-27/h1-17,20,31H,18-19,21-23H2,(H,32,34). The van der Waals surface area contributed by atoms with Gasteiger partial charge in [-0.1, -0.05) is 97.1 Å². The molecule has 1 N–H and O–H groups in total. The normalized spacial score (nSPS) is 15.3. The Hall–Kier alpha value is -3.89. The molecule has 1 atom stereocenters. The predicted octanol–water partition coefficient (Wildman–Crippen LogP) is 5.53. The quantitative estimate of drug-likeness (QED) is 0.374. The third-order valence-corrected chi connectivity index (χ3v) is 6.49. The van der Waals surface area contributed by atoms with E-state index < -0.39 is 0 Å². The summed E-state index contributed by atoms with van der Waals surface area (Å²) >= 11 is 0. The van der Waals surface area contributed by atoms with Crippen molar-refractivity contribution in [1.82, 2.24) is 10.2 Å². The molecule has 5 rings (SSSR count). The third kappa shape index (κ3) is 5.79. The number of amides is 1. The first kappa shape index (κ1) is 22.9. The lowest BCUT2D eigenvalue weighted by Crippen LogP contribution is -2.35. The van der Waals surface area contributed by atoms with Gasteiger partial charge in [0, 0.05) is 19.6 Å². The molecule has 1 amide bonds. The Morgan fingerprint density at radius 2 is 1.49 bits per heavy atom. The van der Waals surface area contributed by atoms with Gasteiger partial charge >= 0.3 is 0 Å². The fourth-order valence-corrected chi connectivity index (χ4v) is 4.75. The highest BCUT2D eigenvalue weighted by Gasteiger charge is 2.29. The lowest BCUT2D eigenvalue weighted by molar-refractivity contribution is -0.123.